The number of likely N-dealkylation sites (tertiary alicyclic amines) is 1. The third-order valence-corrected chi connectivity index (χ3v) is 10.9. The Morgan fingerprint density at radius 2 is 1.92 bits per heavy atom. The molecule has 4 fully saturated rings. The SMILES string of the molecule is C#Cc1c(F)ccc2cc(O)cc(-c3ncc4c(N5CCOC[C@](O)(C#C)C5)nc(OC[C@]56CCC[C@H]5N(C5COC5)CCC6)nc4c3F)c12. The summed E-state index contributed by atoms with van der Waals surface area (Å²) in [5.74, 6) is 3.39. The van der Waals surface area contributed by atoms with E-state index in [2.05, 4.69) is 26.7 Å². The number of anilines is 1. The molecule has 0 bridgehead atoms. The minimum Gasteiger partial charge on any atom is -0.508 e. The molecule has 3 atom stereocenters. The van der Waals surface area contributed by atoms with Crippen molar-refractivity contribution in [1.29, 1.82) is 0 Å². The number of aromatic nitrogens is 3. The van der Waals surface area contributed by atoms with E-state index < -0.39 is 17.2 Å². The van der Waals surface area contributed by atoms with Crippen molar-refractivity contribution in [2.24, 2.45) is 5.41 Å². The van der Waals surface area contributed by atoms with Gasteiger partial charge in [-0.25, -0.2) is 8.78 Å². The van der Waals surface area contributed by atoms with E-state index >= 15 is 4.39 Å². The number of ether oxygens (including phenoxy) is 3. The van der Waals surface area contributed by atoms with Crippen molar-refractivity contribution in [3.05, 3.63) is 47.7 Å². The molecule has 1 saturated carbocycles. The molecule has 3 saturated heterocycles. The number of nitrogens with zero attached hydrogens (tertiary/aromatic N) is 5. The summed E-state index contributed by atoms with van der Waals surface area (Å²) in [5.41, 5.74) is -1.99. The zero-order valence-corrected chi connectivity index (χ0v) is 27.5. The monoisotopic (exact) mass is 681 g/mol. The number of pyridine rings is 1. The number of halogens is 2. The van der Waals surface area contributed by atoms with Crippen LogP contribution < -0.4 is 9.64 Å². The molecule has 0 amide bonds. The number of aromatic hydroxyl groups is 1. The predicted octanol–water partition coefficient (Wildman–Crippen LogP) is 4.42. The molecule has 10 nitrogen and oxygen atoms in total. The van der Waals surface area contributed by atoms with Gasteiger partial charge in [0.1, 0.15) is 28.6 Å². The highest BCUT2D eigenvalue weighted by Crippen LogP contribution is 2.49. The second-order valence-corrected chi connectivity index (χ2v) is 13.9. The van der Waals surface area contributed by atoms with Crippen molar-refractivity contribution in [2.75, 3.05) is 57.6 Å². The molecule has 2 N–H and O–H groups in total. The number of hydrogen-bond acceptors (Lipinski definition) is 10. The van der Waals surface area contributed by atoms with Crippen LogP contribution in [0.1, 0.15) is 37.7 Å². The van der Waals surface area contributed by atoms with Gasteiger partial charge in [0.25, 0.3) is 0 Å². The molecular weight excluding hydrogens is 644 g/mol. The Balaban J connectivity index is 1.25. The van der Waals surface area contributed by atoms with E-state index in [1.807, 2.05) is 0 Å². The molecule has 4 aliphatic rings. The number of phenolic OH excluding ortho intramolecular Hbond substituents is 1. The molecule has 4 aromatic rings. The minimum absolute atomic E-state index is 0.0294. The van der Waals surface area contributed by atoms with Crippen LogP contribution in [0.4, 0.5) is 14.6 Å². The quantitative estimate of drug-likeness (QED) is 0.284. The fourth-order valence-corrected chi connectivity index (χ4v) is 8.39. The average Bonchev–Trinajstić information content (AvgIpc) is 3.43. The van der Waals surface area contributed by atoms with Crippen molar-refractivity contribution in [2.45, 2.75) is 49.8 Å². The third-order valence-electron chi connectivity index (χ3n) is 10.9. The van der Waals surface area contributed by atoms with Crippen LogP contribution >= 0.6 is 0 Å². The molecule has 258 valence electrons. The van der Waals surface area contributed by atoms with Crippen LogP contribution in [0, 0.1) is 41.7 Å². The van der Waals surface area contributed by atoms with Crippen LogP contribution in [0.3, 0.4) is 0 Å². The summed E-state index contributed by atoms with van der Waals surface area (Å²) in [6.45, 7) is 3.29. The van der Waals surface area contributed by atoms with Crippen molar-refractivity contribution >= 4 is 27.5 Å². The summed E-state index contributed by atoms with van der Waals surface area (Å²) in [5, 5.41) is 22.6. The summed E-state index contributed by atoms with van der Waals surface area (Å²) in [4.78, 5) is 18.2. The maximum Gasteiger partial charge on any atom is 0.319 e. The molecule has 12 heteroatoms. The van der Waals surface area contributed by atoms with Gasteiger partial charge in [-0.3, -0.25) is 9.88 Å². The van der Waals surface area contributed by atoms with Crippen molar-refractivity contribution in [3.8, 4) is 47.7 Å². The summed E-state index contributed by atoms with van der Waals surface area (Å²) in [6.07, 6.45) is 18.0. The maximum atomic E-state index is 17.0. The number of benzene rings is 2. The number of rotatable bonds is 6. The van der Waals surface area contributed by atoms with Gasteiger partial charge in [-0.15, -0.1) is 12.8 Å². The molecule has 0 unspecified atom stereocenters. The van der Waals surface area contributed by atoms with Gasteiger partial charge in [-0.2, -0.15) is 9.97 Å². The molecule has 50 heavy (non-hydrogen) atoms. The van der Waals surface area contributed by atoms with Gasteiger partial charge in [0.2, 0.25) is 0 Å². The first kappa shape index (κ1) is 32.6. The Labute approximate surface area is 288 Å². The van der Waals surface area contributed by atoms with Crippen LogP contribution in [0.2, 0.25) is 0 Å². The van der Waals surface area contributed by atoms with Crippen LogP contribution in [0.5, 0.6) is 11.8 Å². The van der Waals surface area contributed by atoms with Gasteiger partial charge in [0, 0.05) is 35.1 Å². The number of hydrogen-bond donors (Lipinski definition) is 2. The Kier molecular flexibility index (Phi) is 8.23. The zero-order chi connectivity index (χ0) is 34.6. The lowest BCUT2D eigenvalue weighted by Crippen LogP contribution is -2.60. The smallest absolute Gasteiger partial charge is 0.319 e. The molecule has 3 aliphatic heterocycles. The molecule has 8 rings (SSSR count). The minimum atomic E-state index is -1.62. The standard InChI is InChI=1S/C38H37F2N5O5/c1-3-26-29(39)9-8-23-15-25(46)16-27(31(23)26)33-32(40)34-28(17-41-33)35(44-13-14-48-22-38(47,4-2)20-44)43-36(42-34)50-21-37-10-5-7-30(37)45(12-6-11-37)24-18-49-19-24/h1-2,8-9,15-17,24,30,46-47H,5-7,10-14,18-22H2/t30-,37-,38+/m1/s1. The van der Waals surface area contributed by atoms with Gasteiger partial charge in [-0.1, -0.05) is 24.3 Å². The largest absolute Gasteiger partial charge is 0.508 e. The predicted molar refractivity (Wildman–Crippen MR) is 183 cm³/mol. The third kappa shape index (κ3) is 5.48. The summed E-state index contributed by atoms with van der Waals surface area (Å²) in [7, 11) is 0. The van der Waals surface area contributed by atoms with Crippen LogP contribution in [-0.4, -0.2) is 100 Å². The van der Waals surface area contributed by atoms with Crippen LogP contribution in [0.25, 0.3) is 32.9 Å². The van der Waals surface area contributed by atoms with E-state index in [0.717, 1.165) is 51.9 Å². The number of piperidine rings is 1. The van der Waals surface area contributed by atoms with Crippen molar-refractivity contribution < 1.29 is 33.2 Å². The Morgan fingerprint density at radius 1 is 1.08 bits per heavy atom. The highest BCUT2D eigenvalue weighted by molar-refractivity contribution is 6.03. The molecule has 2 aromatic heterocycles. The van der Waals surface area contributed by atoms with Gasteiger partial charge in [0.15, 0.2) is 11.4 Å². The Bertz CT molecular complexity index is 2080. The van der Waals surface area contributed by atoms with Crippen LogP contribution in [0.15, 0.2) is 30.5 Å². The van der Waals surface area contributed by atoms with E-state index in [0.29, 0.717) is 30.6 Å². The fourth-order valence-electron chi connectivity index (χ4n) is 8.39. The summed E-state index contributed by atoms with van der Waals surface area (Å²) >= 11 is 0. The highest BCUT2D eigenvalue weighted by atomic mass is 19.1. The second kappa shape index (κ2) is 12.6. The van der Waals surface area contributed by atoms with E-state index in [4.69, 9.17) is 32.0 Å². The lowest BCUT2D eigenvalue weighted by molar-refractivity contribution is -0.115. The molecule has 1 aliphatic carbocycles. The second-order valence-electron chi connectivity index (χ2n) is 13.9. The van der Waals surface area contributed by atoms with Gasteiger partial charge >= 0.3 is 6.01 Å². The van der Waals surface area contributed by atoms with Gasteiger partial charge in [-0.05, 0) is 55.8 Å². The van der Waals surface area contributed by atoms with Gasteiger partial charge < -0.3 is 29.3 Å². The molecular formula is C38H37F2N5O5. The van der Waals surface area contributed by atoms with Gasteiger partial charge in [0.05, 0.1) is 56.6 Å². The number of β-amino-alcohol motifs (C(OH)–C–C–N with tert-alkyl or cyclic N) is 1. The number of terminal acetylenes is 2. The molecule has 5 heterocycles. The molecule has 0 spiro atoms. The lowest BCUT2D eigenvalue weighted by atomic mass is 9.75. The molecule has 2 aromatic carbocycles. The van der Waals surface area contributed by atoms with E-state index in [9.17, 15) is 14.6 Å². The molecule has 0 radical (unpaired) electrons. The average molecular weight is 682 g/mol. The highest BCUT2D eigenvalue weighted by Gasteiger charge is 2.51. The topological polar surface area (TPSA) is 113 Å². The number of aliphatic hydroxyl groups is 1. The number of phenols is 1. The summed E-state index contributed by atoms with van der Waals surface area (Å²) in [6, 6.07) is 6.13. The van der Waals surface area contributed by atoms with Crippen molar-refractivity contribution in [3.63, 3.8) is 0 Å². The van der Waals surface area contributed by atoms with E-state index in [-0.39, 0.29) is 75.9 Å². The van der Waals surface area contributed by atoms with E-state index in [1.54, 1.807) is 4.90 Å². The lowest BCUT2D eigenvalue weighted by Gasteiger charge is -2.51. The first-order valence-electron chi connectivity index (χ1n) is 17.0. The Hall–Kier alpha value is -4.59. The van der Waals surface area contributed by atoms with Crippen LogP contribution in [-0.2, 0) is 9.47 Å². The first-order valence-corrected chi connectivity index (χ1v) is 17.0. The fraction of sp³-hybridized carbons (Fsp3) is 0.447. The van der Waals surface area contributed by atoms with Crippen molar-refractivity contribution in [1.82, 2.24) is 19.9 Å². The normalized spacial score (nSPS) is 25.9. The van der Waals surface area contributed by atoms with E-state index in [1.165, 1.54) is 30.5 Å². The number of fused-ring (bicyclic) bond motifs is 3. The Morgan fingerprint density at radius 3 is 2.70 bits per heavy atom. The first-order chi connectivity index (χ1) is 24.2. The zero-order valence-electron chi connectivity index (χ0n) is 27.5. The maximum absolute atomic E-state index is 17.0. The summed E-state index contributed by atoms with van der Waals surface area (Å²) < 4.78 is 49.5.